The van der Waals surface area contributed by atoms with Gasteiger partial charge in [-0.25, -0.2) is 13.4 Å². The summed E-state index contributed by atoms with van der Waals surface area (Å²) in [5.41, 5.74) is 2.30. The van der Waals surface area contributed by atoms with Crippen molar-refractivity contribution in [2.24, 2.45) is 0 Å². The lowest BCUT2D eigenvalue weighted by Gasteiger charge is -2.23. The number of nitrogens with one attached hydrogen (secondary N) is 2. The third kappa shape index (κ3) is 6.39. The number of thioether (sulfide) groups is 1. The summed E-state index contributed by atoms with van der Waals surface area (Å²) in [5.74, 6) is 0.228. The normalized spacial score (nSPS) is 11.6. The molecule has 1 aromatic heterocycles. The van der Waals surface area contributed by atoms with E-state index in [1.165, 1.54) is 22.4 Å². The van der Waals surface area contributed by atoms with Gasteiger partial charge >= 0.3 is 0 Å². The molecule has 2 aromatic carbocycles. The lowest BCUT2D eigenvalue weighted by molar-refractivity contribution is -0.121. The second-order valence-electron chi connectivity index (χ2n) is 7.02. The van der Waals surface area contributed by atoms with Crippen molar-refractivity contribution in [3.8, 4) is 0 Å². The van der Waals surface area contributed by atoms with Crippen LogP contribution in [0.2, 0.25) is 0 Å². The Morgan fingerprint density at radius 1 is 1.16 bits per heavy atom. The standard InChI is InChI=1S/C21H25N5O3S2/c1-16-8-9-17(2)19(12-16)31(28,29)26(13-18-6-4-3-5-7-18)14-20(27)22-10-11-30-21-23-15-24-25-21/h3-9,12,15H,10-11,13-14H2,1-2H3,(H,22,27)(H,23,24,25). The van der Waals surface area contributed by atoms with Crippen LogP contribution in [0.4, 0.5) is 0 Å². The predicted octanol–water partition coefficient (Wildman–Crippen LogP) is 2.52. The molecule has 164 valence electrons. The first-order valence-electron chi connectivity index (χ1n) is 9.72. The average molecular weight is 460 g/mol. The summed E-state index contributed by atoms with van der Waals surface area (Å²) in [4.78, 5) is 16.8. The van der Waals surface area contributed by atoms with Crippen LogP contribution < -0.4 is 5.32 Å². The molecule has 0 fully saturated rings. The average Bonchev–Trinajstić information content (AvgIpc) is 3.27. The molecular weight excluding hydrogens is 434 g/mol. The molecule has 8 nitrogen and oxygen atoms in total. The van der Waals surface area contributed by atoms with Crippen molar-refractivity contribution in [1.82, 2.24) is 24.8 Å². The second-order valence-corrected chi connectivity index (χ2v) is 10.0. The Morgan fingerprint density at radius 2 is 1.94 bits per heavy atom. The van der Waals surface area contributed by atoms with E-state index in [1.807, 2.05) is 43.3 Å². The summed E-state index contributed by atoms with van der Waals surface area (Å²) in [6, 6.07) is 14.5. The van der Waals surface area contributed by atoms with Crippen LogP contribution in [0.1, 0.15) is 16.7 Å². The van der Waals surface area contributed by atoms with Gasteiger partial charge < -0.3 is 5.32 Å². The third-order valence-electron chi connectivity index (χ3n) is 4.54. The van der Waals surface area contributed by atoms with Gasteiger partial charge in [0.25, 0.3) is 0 Å². The lowest BCUT2D eigenvalue weighted by atomic mass is 10.2. The summed E-state index contributed by atoms with van der Waals surface area (Å²) in [5, 5.41) is 9.95. The number of aromatic nitrogens is 3. The second kappa shape index (κ2) is 10.6. The molecule has 3 rings (SSSR count). The molecule has 2 N–H and O–H groups in total. The lowest BCUT2D eigenvalue weighted by Crippen LogP contribution is -2.41. The molecule has 10 heteroatoms. The van der Waals surface area contributed by atoms with Gasteiger partial charge in [0.15, 0.2) is 5.16 Å². The highest BCUT2D eigenvalue weighted by molar-refractivity contribution is 7.99. The van der Waals surface area contributed by atoms with Gasteiger partial charge in [-0.15, -0.1) is 0 Å². The summed E-state index contributed by atoms with van der Waals surface area (Å²) in [6.45, 7) is 3.83. The molecule has 0 aliphatic rings. The number of hydrogen-bond acceptors (Lipinski definition) is 6. The molecule has 3 aromatic rings. The number of aromatic amines is 1. The molecule has 1 heterocycles. The molecular formula is C21H25N5O3S2. The highest BCUT2D eigenvalue weighted by atomic mass is 32.2. The molecule has 0 bridgehead atoms. The molecule has 0 aliphatic heterocycles. The first-order valence-corrected chi connectivity index (χ1v) is 12.1. The highest BCUT2D eigenvalue weighted by Gasteiger charge is 2.28. The minimum Gasteiger partial charge on any atom is -0.354 e. The Morgan fingerprint density at radius 3 is 2.65 bits per heavy atom. The van der Waals surface area contributed by atoms with Gasteiger partial charge in [-0.2, -0.15) is 9.40 Å². The van der Waals surface area contributed by atoms with E-state index in [1.54, 1.807) is 19.1 Å². The van der Waals surface area contributed by atoms with Gasteiger partial charge in [0.1, 0.15) is 6.33 Å². The fourth-order valence-electron chi connectivity index (χ4n) is 2.96. The molecule has 0 unspecified atom stereocenters. The Bertz CT molecular complexity index is 1100. The number of rotatable bonds is 10. The Kier molecular flexibility index (Phi) is 7.83. The first kappa shape index (κ1) is 23.0. The van der Waals surface area contributed by atoms with E-state index < -0.39 is 10.0 Å². The van der Waals surface area contributed by atoms with Crippen molar-refractivity contribution in [1.29, 1.82) is 0 Å². The topological polar surface area (TPSA) is 108 Å². The summed E-state index contributed by atoms with van der Waals surface area (Å²) >= 11 is 1.42. The maximum atomic E-state index is 13.5. The van der Waals surface area contributed by atoms with E-state index >= 15 is 0 Å². The molecule has 0 radical (unpaired) electrons. The van der Waals surface area contributed by atoms with Gasteiger partial charge in [-0.05, 0) is 36.6 Å². The van der Waals surface area contributed by atoms with Gasteiger partial charge in [0.2, 0.25) is 15.9 Å². The number of sulfonamides is 1. The van der Waals surface area contributed by atoms with Crippen LogP contribution in [-0.4, -0.2) is 52.7 Å². The van der Waals surface area contributed by atoms with Gasteiger partial charge in [0.05, 0.1) is 11.4 Å². The summed E-state index contributed by atoms with van der Waals surface area (Å²) in [7, 11) is -3.87. The third-order valence-corrected chi connectivity index (χ3v) is 7.35. The summed E-state index contributed by atoms with van der Waals surface area (Å²) < 4.78 is 28.1. The van der Waals surface area contributed by atoms with Crippen molar-refractivity contribution in [2.45, 2.75) is 30.4 Å². The van der Waals surface area contributed by atoms with Crippen molar-refractivity contribution >= 4 is 27.7 Å². The number of nitrogens with zero attached hydrogens (tertiary/aromatic N) is 3. The number of carbonyl (C=O) groups excluding carboxylic acids is 1. The minimum absolute atomic E-state index is 0.108. The van der Waals surface area contributed by atoms with E-state index in [0.717, 1.165) is 11.1 Å². The molecule has 0 atom stereocenters. The largest absolute Gasteiger partial charge is 0.354 e. The Labute approximate surface area is 186 Å². The summed E-state index contributed by atoms with van der Waals surface area (Å²) in [6.07, 6.45) is 1.42. The first-order chi connectivity index (χ1) is 14.9. The van der Waals surface area contributed by atoms with Gasteiger partial charge in [-0.1, -0.05) is 54.2 Å². The molecule has 1 amide bonds. The monoisotopic (exact) mass is 459 g/mol. The number of carbonyl (C=O) groups is 1. The SMILES string of the molecule is Cc1ccc(C)c(S(=O)(=O)N(CC(=O)NCCSc2ncn[nH]2)Cc2ccccc2)c1. The van der Waals surface area contributed by atoms with Crippen molar-refractivity contribution < 1.29 is 13.2 Å². The predicted molar refractivity (Wildman–Crippen MR) is 120 cm³/mol. The zero-order valence-electron chi connectivity index (χ0n) is 17.4. The van der Waals surface area contributed by atoms with Crippen molar-refractivity contribution in [2.75, 3.05) is 18.8 Å². The zero-order chi connectivity index (χ0) is 22.3. The van der Waals surface area contributed by atoms with Crippen LogP contribution in [0.15, 0.2) is 64.9 Å². The fraction of sp³-hybridized carbons (Fsp3) is 0.286. The number of amides is 1. The molecule has 0 saturated heterocycles. The Balaban J connectivity index is 1.73. The maximum absolute atomic E-state index is 13.5. The van der Waals surface area contributed by atoms with Crippen LogP contribution >= 0.6 is 11.8 Å². The Hall–Kier alpha value is -2.69. The van der Waals surface area contributed by atoms with Crippen molar-refractivity contribution in [3.05, 3.63) is 71.5 Å². The van der Waals surface area contributed by atoms with E-state index in [-0.39, 0.29) is 23.9 Å². The van der Waals surface area contributed by atoms with E-state index in [0.29, 0.717) is 23.0 Å². The zero-order valence-corrected chi connectivity index (χ0v) is 19.0. The van der Waals surface area contributed by atoms with Gasteiger partial charge in [-0.3, -0.25) is 9.89 Å². The minimum atomic E-state index is -3.87. The fourth-order valence-corrected chi connectivity index (χ4v) is 5.29. The van der Waals surface area contributed by atoms with E-state index in [4.69, 9.17) is 0 Å². The molecule has 31 heavy (non-hydrogen) atoms. The number of hydrogen-bond donors (Lipinski definition) is 2. The smallest absolute Gasteiger partial charge is 0.244 e. The maximum Gasteiger partial charge on any atom is 0.244 e. The molecule has 0 spiro atoms. The van der Waals surface area contributed by atoms with Gasteiger partial charge in [0, 0.05) is 18.8 Å². The van der Waals surface area contributed by atoms with Crippen LogP contribution in [0, 0.1) is 13.8 Å². The number of benzene rings is 2. The highest BCUT2D eigenvalue weighted by Crippen LogP contribution is 2.23. The van der Waals surface area contributed by atoms with Crippen LogP contribution in [-0.2, 0) is 21.4 Å². The van der Waals surface area contributed by atoms with Crippen molar-refractivity contribution in [3.63, 3.8) is 0 Å². The quantitative estimate of drug-likeness (QED) is 0.356. The molecule has 0 saturated carbocycles. The number of H-pyrrole nitrogens is 1. The molecule has 0 aliphatic carbocycles. The van der Waals surface area contributed by atoms with Crippen LogP contribution in [0.3, 0.4) is 0 Å². The van der Waals surface area contributed by atoms with E-state index in [9.17, 15) is 13.2 Å². The van der Waals surface area contributed by atoms with Crippen LogP contribution in [0.5, 0.6) is 0 Å². The number of aryl methyl sites for hydroxylation is 2. The van der Waals surface area contributed by atoms with Crippen LogP contribution in [0.25, 0.3) is 0 Å². The van der Waals surface area contributed by atoms with E-state index in [2.05, 4.69) is 20.5 Å².